The molecule has 0 radical (unpaired) electrons. The van der Waals surface area contributed by atoms with E-state index in [0.29, 0.717) is 0 Å². The molecule has 5 nitrogen and oxygen atoms in total. The predicted molar refractivity (Wildman–Crippen MR) is 104 cm³/mol. The molecule has 0 aliphatic carbocycles. The number of nitrogens with zero attached hydrogens (tertiary/aromatic N) is 1. The molecule has 26 heavy (non-hydrogen) atoms. The number of amides is 2. The van der Waals surface area contributed by atoms with Crippen LogP contribution in [0.25, 0.3) is 0 Å². The molecule has 1 aromatic rings. The zero-order valence-electron chi connectivity index (χ0n) is 16.7. The lowest BCUT2D eigenvalue weighted by Gasteiger charge is -2.43. The van der Waals surface area contributed by atoms with Gasteiger partial charge in [0.25, 0.3) is 5.91 Å². The highest BCUT2D eigenvalue weighted by atomic mass is 28.4. The van der Waals surface area contributed by atoms with Crippen molar-refractivity contribution in [3.8, 4) is 0 Å². The Hall–Kier alpha value is -1.92. The molecule has 2 atom stereocenters. The lowest BCUT2D eigenvalue weighted by atomic mass is 9.88. The lowest BCUT2D eigenvalue weighted by Crippen LogP contribution is -2.55. The second-order valence-electron chi connectivity index (χ2n) is 8.68. The van der Waals surface area contributed by atoms with Gasteiger partial charge in [0.1, 0.15) is 11.2 Å². The number of carbonyl (C=O) groups is 2. The molecule has 0 aromatic heterocycles. The van der Waals surface area contributed by atoms with E-state index in [1.54, 1.807) is 26.8 Å². The van der Waals surface area contributed by atoms with Gasteiger partial charge in [-0.2, -0.15) is 0 Å². The van der Waals surface area contributed by atoms with Crippen molar-refractivity contribution in [3.63, 3.8) is 0 Å². The van der Waals surface area contributed by atoms with Crippen molar-refractivity contribution in [2.24, 2.45) is 0 Å². The minimum atomic E-state index is -2.00. The molecule has 2 rings (SSSR count). The molecule has 1 aliphatic rings. The van der Waals surface area contributed by atoms with Gasteiger partial charge in [-0.1, -0.05) is 36.4 Å². The Morgan fingerprint density at radius 3 is 2.15 bits per heavy atom. The summed E-state index contributed by atoms with van der Waals surface area (Å²) in [6.07, 6.45) is 2.50. The van der Waals surface area contributed by atoms with Gasteiger partial charge >= 0.3 is 6.09 Å². The summed E-state index contributed by atoms with van der Waals surface area (Å²) in [6.45, 7) is 13.5. The summed E-state index contributed by atoms with van der Waals surface area (Å²) in [4.78, 5) is 26.3. The summed E-state index contributed by atoms with van der Waals surface area (Å²) in [7, 11) is -2.00. The quantitative estimate of drug-likeness (QED) is 0.729. The van der Waals surface area contributed by atoms with Crippen LogP contribution in [0.1, 0.15) is 33.3 Å². The molecule has 142 valence electrons. The highest BCUT2D eigenvalue weighted by Gasteiger charge is 2.48. The van der Waals surface area contributed by atoms with Gasteiger partial charge in [-0.3, -0.25) is 4.79 Å². The first kappa shape index (κ1) is 20.4. The van der Waals surface area contributed by atoms with E-state index in [1.165, 1.54) is 11.0 Å². The van der Waals surface area contributed by atoms with Gasteiger partial charge in [-0.05, 0) is 52.9 Å². The van der Waals surface area contributed by atoms with Crippen LogP contribution < -0.4 is 0 Å². The van der Waals surface area contributed by atoms with Crippen LogP contribution in [0.2, 0.25) is 19.6 Å². The first-order valence-corrected chi connectivity index (χ1v) is 12.2. The van der Waals surface area contributed by atoms with Gasteiger partial charge in [0, 0.05) is 6.08 Å². The molecule has 1 unspecified atom stereocenters. The van der Waals surface area contributed by atoms with Crippen molar-refractivity contribution in [1.82, 2.24) is 4.90 Å². The van der Waals surface area contributed by atoms with Crippen LogP contribution >= 0.6 is 0 Å². The third-order valence-electron chi connectivity index (χ3n) is 3.96. The molecule has 2 amide bonds. The number of imide groups is 1. The van der Waals surface area contributed by atoms with E-state index in [1.807, 2.05) is 37.3 Å². The van der Waals surface area contributed by atoms with E-state index < -0.39 is 31.7 Å². The fourth-order valence-electron chi connectivity index (χ4n) is 3.12. The first-order chi connectivity index (χ1) is 11.8. The Morgan fingerprint density at radius 1 is 1.08 bits per heavy atom. The Morgan fingerprint density at radius 2 is 1.65 bits per heavy atom. The number of rotatable bonds is 4. The first-order valence-electron chi connectivity index (χ1n) is 8.83. The Labute approximate surface area is 157 Å². The second-order valence-corrected chi connectivity index (χ2v) is 13.1. The molecular formula is C20H29NO4Si. The molecule has 0 saturated carbocycles. The maximum atomic E-state index is 12.7. The molecule has 6 heteroatoms. The van der Waals surface area contributed by atoms with Crippen LogP contribution in [0, 0.1) is 0 Å². The molecule has 0 saturated heterocycles. The zero-order chi connectivity index (χ0) is 19.8. The van der Waals surface area contributed by atoms with Crippen molar-refractivity contribution < 1.29 is 18.8 Å². The molecule has 1 aliphatic heterocycles. The van der Waals surface area contributed by atoms with E-state index in [-0.39, 0.29) is 5.91 Å². The molecule has 1 heterocycles. The molecule has 0 spiro atoms. The Bertz CT molecular complexity index is 703. The Kier molecular flexibility index (Phi) is 5.49. The fraction of sp³-hybridized carbons (Fsp3) is 0.500. The monoisotopic (exact) mass is 375 g/mol. The summed E-state index contributed by atoms with van der Waals surface area (Å²) in [6, 6.07) is 9.14. The topological polar surface area (TPSA) is 55.8 Å². The van der Waals surface area contributed by atoms with Crippen molar-refractivity contribution >= 4 is 20.3 Å². The highest BCUT2D eigenvalue weighted by molar-refractivity contribution is 6.69. The van der Waals surface area contributed by atoms with Gasteiger partial charge in [0.15, 0.2) is 8.32 Å². The molecule has 0 bridgehead atoms. The average Bonchev–Trinajstić information content (AvgIpc) is 2.87. The van der Waals surface area contributed by atoms with Gasteiger partial charge in [-0.15, -0.1) is 0 Å². The number of benzene rings is 1. The summed E-state index contributed by atoms with van der Waals surface area (Å²) < 4.78 is 12.0. The van der Waals surface area contributed by atoms with Gasteiger partial charge in [0.05, 0.1) is 6.04 Å². The SMILES string of the molecule is CC(C)(C)OC(=O)N1C(=O)C=CC1[C@@](C)(O[Si](C)(C)C)c1ccccc1. The van der Waals surface area contributed by atoms with E-state index in [9.17, 15) is 9.59 Å². The number of ether oxygens (including phenoxy) is 1. The van der Waals surface area contributed by atoms with Crippen LogP contribution in [0.4, 0.5) is 4.79 Å². The molecule has 1 aromatic carbocycles. The van der Waals surface area contributed by atoms with Crippen LogP contribution in [0.5, 0.6) is 0 Å². The van der Waals surface area contributed by atoms with Crippen LogP contribution in [-0.2, 0) is 19.6 Å². The van der Waals surface area contributed by atoms with Crippen molar-refractivity contribution in [2.45, 2.75) is 64.6 Å². The van der Waals surface area contributed by atoms with E-state index in [4.69, 9.17) is 9.16 Å². The van der Waals surface area contributed by atoms with E-state index in [0.717, 1.165) is 5.56 Å². The predicted octanol–water partition coefficient (Wildman–Crippen LogP) is 4.46. The maximum Gasteiger partial charge on any atom is 0.417 e. The smallest absolute Gasteiger partial charge is 0.417 e. The summed E-state index contributed by atoms with van der Waals surface area (Å²) in [5.74, 6) is -0.384. The molecule has 0 N–H and O–H groups in total. The van der Waals surface area contributed by atoms with Crippen LogP contribution in [0.3, 0.4) is 0 Å². The molecular weight excluding hydrogens is 346 g/mol. The van der Waals surface area contributed by atoms with Crippen LogP contribution in [0.15, 0.2) is 42.5 Å². The Balaban J connectivity index is 2.47. The summed E-state index contributed by atoms with van der Waals surface area (Å²) in [5.41, 5.74) is -0.626. The van der Waals surface area contributed by atoms with Crippen molar-refractivity contribution in [3.05, 3.63) is 48.0 Å². The maximum absolute atomic E-state index is 12.7. The van der Waals surface area contributed by atoms with Gasteiger partial charge in [0.2, 0.25) is 0 Å². The minimum Gasteiger partial charge on any atom is -0.443 e. The minimum absolute atomic E-state index is 0.384. The van der Waals surface area contributed by atoms with Crippen molar-refractivity contribution in [1.29, 1.82) is 0 Å². The third-order valence-corrected chi connectivity index (χ3v) is 4.99. The molecule has 0 fully saturated rings. The largest absolute Gasteiger partial charge is 0.443 e. The fourth-order valence-corrected chi connectivity index (χ4v) is 4.63. The second kappa shape index (κ2) is 7.00. The van der Waals surface area contributed by atoms with Crippen molar-refractivity contribution in [2.75, 3.05) is 0 Å². The number of hydrogen-bond donors (Lipinski definition) is 0. The zero-order valence-corrected chi connectivity index (χ0v) is 17.7. The van der Waals surface area contributed by atoms with Crippen LogP contribution in [-0.4, -0.2) is 36.9 Å². The lowest BCUT2D eigenvalue weighted by molar-refractivity contribution is -0.129. The highest BCUT2D eigenvalue weighted by Crippen LogP contribution is 2.38. The number of carbonyl (C=O) groups excluding carboxylic acids is 2. The number of hydrogen-bond acceptors (Lipinski definition) is 4. The van der Waals surface area contributed by atoms with E-state index in [2.05, 4.69) is 19.6 Å². The van der Waals surface area contributed by atoms with E-state index >= 15 is 0 Å². The normalized spacial score (nSPS) is 20.2. The van der Waals surface area contributed by atoms with Gasteiger partial charge in [-0.25, -0.2) is 9.69 Å². The summed E-state index contributed by atoms with van der Waals surface area (Å²) >= 11 is 0. The van der Waals surface area contributed by atoms with Gasteiger partial charge < -0.3 is 9.16 Å². The third kappa shape index (κ3) is 4.62. The standard InChI is InChI=1S/C20H29NO4Si/c1-19(2,3)24-18(23)21-16(13-14-17(21)22)20(4,25-26(5,6)7)15-11-9-8-10-12-15/h8-14,16H,1-7H3/t16?,20-/m0/s1. The summed E-state index contributed by atoms with van der Waals surface area (Å²) in [5, 5.41) is 0. The average molecular weight is 376 g/mol.